The first-order valence-corrected chi connectivity index (χ1v) is 24.7. The van der Waals surface area contributed by atoms with E-state index in [-0.39, 0.29) is 25.4 Å². The van der Waals surface area contributed by atoms with Crippen LogP contribution in [0.25, 0.3) is 0 Å². The number of benzene rings is 4. The summed E-state index contributed by atoms with van der Waals surface area (Å²) < 4.78 is 32.4. The number of halogens is 2. The summed E-state index contributed by atoms with van der Waals surface area (Å²) in [4.78, 5) is 34.7. The second-order valence-electron chi connectivity index (χ2n) is 14.9. The molecule has 2 fully saturated rings. The maximum absolute atomic E-state index is 13.1. The van der Waals surface area contributed by atoms with E-state index in [9.17, 15) is 9.59 Å². The van der Waals surface area contributed by atoms with Crippen LogP contribution in [0.1, 0.15) is 53.6 Å². The number of pyridine rings is 2. The van der Waals surface area contributed by atoms with Crippen molar-refractivity contribution >= 4 is 49.1 Å². The van der Waals surface area contributed by atoms with E-state index in [1.54, 1.807) is 20.3 Å². The van der Waals surface area contributed by atoms with Gasteiger partial charge in [0.05, 0.1) is 30.8 Å². The van der Waals surface area contributed by atoms with Crippen molar-refractivity contribution in [3.05, 3.63) is 161 Å². The van der Waals surface area contributed by atoms with Gasteiger partial charge in [-0.05, 0) is 119 Å². The van der Waals surface area contributed by atoms with E-state index in [1.807, 2.05) is 115 Å². The van der Waals surface area contributed by atoms with Crippen molar-refractivity contribution in [3.8, 4) is 34.5 Å². The van der Waals surface area contributed by atoms with Crippen LogP contribution in [0.4, 0.5) is 11.6 Å². The Morgan fingerprint density at radius 1 is 0.651 bits per heavy atom. The molecule has 0 atom stereocenters. The molecule has 15 heteroatoms. The molecule has 2 saturated carbocycles. The summed E-state index contributed by atoms with van der Waals surface area (Å²) >= 11 is 4.15. The fraction of sp³-hybridized carbons (Fsp3) is 0.229. The van der Waals surface area contributed by atoms with Crippen LogP contribution in [0.2, 0.25) is 0 Å². The Kier molecular flexibility index (Phi) is 14.8. The topological polar surface area (TPSA) is 139 Å². The number of rotatable bonds is 10. The Labute approximate surface area is 388 Å². The van der Waals surface area contributed by atoms with E-state index in [0.29, 0.717) is 34.2 Å². The van der Waals surface area contributed by atoms with Crippen LogP contribution in [0.5, 0.6) is 34.5 Å². The Balaban J connectivity index is 0.000000157. The zero-order valence-corrected chi connectivity index (χ0v) is 40.1. The molecule has 10 rings (SSSR count). The summed E-state index contributed by atoms with van der Waals surface area (Å²) in [5.74, 6) is 5.62. The normalized spacial score (nSPS) is 14.8. The van der Waals surface area contributed by atoms with Crippen molar-refractivity contribution in [1.82, 2.24) is 9.97 Å². The van der Waals surface area contributed by atoms with Gasteiger partial charge in [0.2, 0.25) is 25.4 Å². The van der Waals surface area contributed by atoms with E-state index < -0.39 is 10.8 Å². The van der Waals surface area contributed by atoms with Gasteiger partial charge in [-0.25, -0.2) is 9.97 Å². The van der Waals surface area contributed by atoms with Crippen LogP contribution < -0.4 is 39.1 Å². The van der Waals surface area contributed by atoms with Crippen molar-refractivity contribution in [2.45, 2.75) is 42.9 Å². The minimum absolute atomic E-state index is 0.0306. The molecular formula is C48H44BrClN4O8Zn. The van der Waals surface area contributed by atoms with Crippen molar-refractivity contribution in [2.24, 2.45) is 0 Å². The first-order valence-electron chi connectivity index (χ1n) is 20.0. The number of amides is 2. The number of carbonyl (C=O) groups excluding carboxylic acids is 2. The van der Waals surface area contributed by atoms with E-state index in [0.717, 1.165) is 93.9 Å². The second kappa shape index (κ2) is 20.6. The molecule has 4 heterocycles. The molecule has 2 amide bonds. The van der Waals surface area contributed by atoms with Crippen LogP contribution in [-0.2, 0) is 44.2 Å². The molecule has 2 aliphatic carbocycles. The minimum atomic E-state index is -0.519. The fourth-order valence-corrected chi connectivity index (χ4v) is 7.45. The number of anilines is 2. The number of fused-ring (bicyclic) bond motifs is 2. The van der Waals surface area contributed by atoms with E-state index >= 15 is 0 Å². The molecule has 4 aliphatic rings. The van der Waals surface area contributed by atoms with E-state index in [1.165, 1.54) is 0 Å². The quantitative estimate of drug-likeness (QED) is 0.0775. The third-order valence-corrected chi connectivity index (χ3v) is 11.4. The molecule has 63 heavy (non-hydrogen) atoms. The molecule has 320 valence electrons. The molecule has 0 bridgehead atoms. The molecule has 12 nitrogen and oxygen atoms in total. The summed E-state index contributed by atoms with van der Waals surface area (Å²) in [7, 11) is 8.07. The van der Waals surface area contributed by atoms with Crippen LogP contribution in [0.15, 0.2) is 126 Å². The molecule has 2 aliphatic heterocycles. The predicted octanol–water partition coefficient (Wildman–Crippen LogP) is 9.89. The van der Waals surface area contributed by atoms with Gasteiger partial charge in [0.25, 0.3) is 0 Å². The van der Waals surface area contributed by atoms with Crippen molar-refractivity contribution in [2.75, 3.05) is 38.4 Å². The molecule has 0 radical (unpaired) electrons. The van der Waals surface area contributed by atoms with Gasteiger partial charge in [0.1, 0.15) is 22.0 Å². The van der Waals surface area contributed by atoms with Gasteiger partial charge in [-0.3, -0.25) is 9.59 Å². The summed E-state index contributed by atoms with van der Waals surface area (Å²) in [5.41, 5.74) is 3.95. The maximum atomic E-state index is 13.1. The first-order chi connectivity index (χ1) is 30.7. The Morgan fingerprint density at radius 2 is 1.11 bits per heavy atom. The van der Waals surface area contributed by atoms with Crippen molar-refractivity contribution in [1.29, 1.82) is 0 Å². The molecular weight excluding hydrogens is 941 g/mol. The summed E-state index contributed by atoms with van der Waals surface area (Å²) in [6, 6.07) is 38.1. The molecule has 4 aromatic carbocycles. The number of hydrogen-bond acceptors (Lipinski definition) is 10. The van der Waals surface area contributed by atoms with Gasteiger partial charge in [-0.15, -0.1) is 0 Å². The molecule has 0 unspecified atom stereocenters. The number of nitrogens with zero attached hydrogens (tertiary/aromatic N) is 2. The average Bonchev–Trinajstić information content (AvgIpc) is 4.21. The molecule has 0 saturated heterocycles. The van der Waals surface area contributed by atoms with Gasteiger partial charge in [-0.1, -0.05) is 48.5 Å². The van der Waals surface area contributed by atoms with Crippen LogP contribution in [0, 0.1) is 6.92 Å². The summed E-state index contributed by atoms with van der Waals surface area (Å²) in [5, 5.41) is 5.91. The Bertz CT molecular complexity index is 2540. The van der Waals surface area contributed by atoms with Gasteiger partial charge >= 0.3 is 27.0 Å². The van der Waals surface area contributed by atoms with Crippen LogP contribution in [-0.4, -0.2) is 49.6 Å². The standard InChI is InChI=1S/C24H22N2O4.C16H13BrN2O3.C8H9O.ClH.Zn/c1-28-19-8-5-16(6-9-19)13-18-3-2-4-22(25-18)26-23(27)24(11-12-24)17-7-10-20-21(14-17)30-15-29-20;17-13-2-1-3-14(18-13)19-15(20)16(6-7-16)10-4-5-11-12(8-10)22-9-21-11;1-7-3-5-8(9-2)6-4-7;;/h2-10,14H,11-13,15H2,1H3,(H,25,26,27);1-5,8H,6-7,9H2,(H,18,19,20);3-6H,1H2,2H3;1H;/q;;-1;;+2/p-1. The van der Waals surface area contributed by atoms with E-state index in [2.05, 4.69) is 43.5 Å². The number of ether oxygens (including phenoxy) is 6. The predicted molar refractivity (Wildman–Crippen MR) is 239 cm³/mol. The van der Waals surface area contributed by atoms with Gasteiger partial charge in [0, 0.05) is 12.1 Å². The average molecular weight is 986 g/mol. The monoisotopic (exact) mass is 982 g/mol. The molecule has 6 aromatic rings. The second-order valence-corrected chi connectivity index (χ2v) is 15.8. The summed E-state index contributed by atoms with van der Waals surface area (Å²) in [6.07, 6.45) is 3.95. The van der Waals surface area contributed by atoms with Crippen molar-refractivity contribution < 1.29 is 55.3 Å². The number of aromatic nitrogens is 2. The van der Waals surface area contributed by atoms with Crippen LogP contribution in [0.3, 0.4) is 0 Å². The third-order valence-electron chi connectivity index (χ3n) is 10.9. The number of methoxy groups -OCH3 is 2. The van der Waals surface area contributed by atoms with Crippen LogP contribution >= 0.6 is 25.6 Å². The van der Waals surface area contributed by atoms with Gasteiger partial charge < -0.3 is 39.1 Å². The Morgan fingerprint density at radius 3 is 1.59 bits per heavy atom. The number of carbonyl (C=O) groups is 2. The Hall–Kier alpha value is -5.82. The zero-order valence-electron chi connectivity index (χ0n) is 34.8. The SMILES string of the molecule is COc1ccc(Cc2cccc(NC(=O)C3(c4ccc5c(c4)OCO5)CC3)n2)cc1.O=C(Nc1cccc(Br)n1)C1(c2ccc3c(c2)OCO3)CC1.[CH2-]c1ccc(OC)cc1.[Cl][Zn+]. The summed E-state index contributed by atoms with van der Waals surface area (Å²) in [6.45, 7) is 4.20. The first kappa shape index (κ1) is 45.2. The molecule has 2 aromatic heterocycles. The van der Waals surface area contributed by atoms with Gasteiger partial charge in [0.15, 0.2) is 23.0 Å². The zero-order chi connectivity index (χ0) is 44.4. The molecule has 2 N–H and O–H groups in total. The van der Waals surface area contributed by atoms with E-state index in [4.69, 9.17) is 38.1 Å². The van der Waals surface area contributed by atoms with Crippen molar-refractivity contribution in [3.63, 3.8) is 0 Å². The third kappa shape index (κ3) is 11.0. The molecule has 0 spiro atoms. The number of hydrogen-bond donors (Lipinski definition) is 2. The number of nitrogens with one attached hydrogen (secondary N) is 2. The van der Waals surface area contributed by atoms with Gasteiger partial charge in [-0.2, -0.15) is 24.6 Å². The fourth-order valence-electron chi connectivity index (χ4n) is 7.11.